The molecule has 0 aliphatic rings. The number of para-hydroxylation sites is 1. The maximum Gasteiger partial charge on any atom is 0.272 e. The fourth-order valence-corrected chi connectivity index (χ4v) is 3.44. The van der Waals surface area contributed by atoms with Gasteiger partial charge in [0.15, 0.2) is 0 Å². The SMILES string of the molecule is Cc1cccc(C)c1NC(=O)c1cc2c(=O)n3cccc(C)c3nc2n1C. The topological polar surface area (TPSA) is 68.4 Å². The first-order chi connectivity index (χ1) is 12.9. The highest BCUT2D eigenvalue weighted by molar-refractivity contribution is 6.06. The Balaban J connectivity index is 1.88. The number of benzene rings is 1. The number of aryl methyl sites for hydroxylation is 4. The van der Waals surface area contributed by atoms with Crippen LogP contribution >= 0.6 is 0 Å². The predicted molar refractivity (Wildman–Crippen MR) is 107 cm³/mol. The van der Waals surface area contributed by atoms with Crippen LogP contribution in [0.1, 0.15) is 27.2 Å². The molecule has 1 N–H and O–H groups in total. The van der Waals surface area contributed by atoms with Crippen LogP contribution < -0.4 is 10.9 Å². The van der Waals surface area contributed by atoms with Gasteiger partial charge in [0.25, 0.3) is 11.5 Å². The molecule has 1 aromatic carbocycles. The second kappa shape index (κ2) is 6.09. The van der Waals surface area contributed by atoms with E-state index in [9.17, 15) is 9.59 Å². The highest BCUT2D eigenvalue weighted by Crippen LogP contribution is 2.22. The predicted octanol–water partition coefficient (Wildman–Crippen LogP) is 3.36. The lowest BCUT2D eigenvalue weighted by molar-refractivity contribution is 0.101. The number of hydrogen-bond donors (Lipinski definition) is 1. The van der Waals surface area contributed by atoms with E-state index in [-0.39, 0.29) is 11.5 Å². The van der Waals surface area contributed by atoms with E-state index in [1.54, 1.807) is 23.9 Å². The second-order valence-electron chi connectivity index (χ2n) is 6.85. The molecule has 27 heavy (non-hydrogen) atoms. The normalized spacial score (nSPS) is 11.3. The van der Waals surface area contributed by atoms with Crippen LogP contribution in [0.25, 0.3) is 16.7 Å². The van der Waals surface area contributed by atoms with E-state index in [4.69, 9.17) is 0 Å². The summed E-state index contributed by atoms with van der Waals surface area (Å²) in [5, 5.41) is 3.40. The molecular weight excluding hydrogens is 340 g/mol. The molecule has 0 aliphatic carbocycles. The van der Waals surface area contributed by atoms with E-state index in [1.807, 2.05) is 51.1 Å². The molecule has 0 unspecified atom stereocenters. The minimum absolute atomic E-state index is 0.180. The van der Waals surface area contributed by atoms with E-state index < -0.39 is 0 Å². The molecule has 136 valence electrons. The van der Waals surface area contributed by atoms with Crippen LogP contribution in [-0.4, -0.2) is 19.9 Å². The van der Waals surface area contributed by atoms with Gasteiger partial charge in [-0.25, -0.2) is 4.98 Å². The Morgan fingerprint density at radius 3 is 2.37 bits per heavy atom. The van der Waals surface area contributed by atoms with Crippen molar-refractivity contribution >= 4 is 28.3 Å². The van der Waals surface area contributed by atoms with Gasteiger partial charge in [-0.2, -0.15) is 0 Å². The smallest absolute Gasteiger partial charge is 0.272 e. The van der Waals surface area contributed by atoms with Gasteiger partial charge >= 0.3 is 0 Å². The summed E-state index contributed by atoms with van der Waals surface area (Å²) in [4.78, 5) is 30.4. The molecule has 0 saturated carbocycles. The number of hydrogen-bond acceptors (Lipinski definition) is 3. The summed E-state index contributed by atoms with van der Waals surface area (Å²) in [5.41, 5.74) is 4.98. The Bertz CT molecular complexity index is 1260. The van der Waals surface area contributed by atoms with Crippen LogP contribution in [0.3, 0.4) is 0 Å². The monoisotopic (exact) mass is 360 g/mol. The number of carbonyl (C=O) groups is 1. The van der Waals surface area contributed by atoms with E-state index in [0.29, 0.717) is 22.4 Å². The van der Waals surface area contributed by atoms with Crippen LogP contribution in [0.4, 0.5) is 5.69 Å². The van der Waals surface area contributed by atoms with Crippen LogP contribution in [0.2, 0.25) is 0 Å². The van der Waals surface area contributed by atoms with Crippen molar-refractivity contribution in [3.8, 4) is 0 Å². The molecule has 3 heterocycles. The third-order valence-corrected chi connectivity index (χ3v) is 4.98. The largest absolute Gasteiger partial charge is 0.324 e. The van der Waals surface area contributed by atoms with E-state index in [0.717, 1.165) is 22.4 Å². The number of rotatable bonds is 2. The van der Waals surface area contributed by atoms with E-state index >= 15 is 0 Å². The minimum Gasteiger partial charge on any atom is -0.324 e. The lowest BCUT2D eigenvalue weighted by Crippen LogP contribution is -2.17. The lowest BCUT2D eigenvalue weighted by Gasteiger charge is -2.11. The quantitative estimate of drug-likeness (QED) is 0.596. The average molecular weight is 360 g/mol. The molecular formula is C21H20N4O2. The summed E-state index contributed by atoms with van der Waals surface area (Å²) in [5.74, 6) is -0.266. The lowest BCUT2D eigenvalue weighted by atomic mass is 10.1. The Labute approximate surface area is 156 Å². The van der Waals surface area contributed by atoms with Crippen molar-refractivity contribution in [1.29, 1.82) is 0 Å². The maximum atomic E-state index is 12.9. The summed E-state index contributed by atoms with van der Waals surface area (Å²) in [6.45, 7) is 5.81. The van der Waals surface area contributed by atoms with Gasteiger partial charge in [-0.15, -0.1) is 0 Å². The van der Waals surface area contributed by atoms with Crippen molar-refractivity contribution in [2.45, 2.75) is 20.8 Å². The number of amides is 1. The molecule has 4 aromatic rings. The van der Waals surface area contributed by atoms with E-state index in [2.05, 4.69) is 10.3 Å². The molecule has 1 amide bonds. The summed E-state index contributed by atoms with van der Waals surface area (Å²) < 4.78 is 3.19. The molecule has 0 radical (unpaired) electrons. The minimum atomic E-state index is -0.266. The van der Waals surface area contributed by atoms with Gasteiger partial charge in [0.2, 0.25) is 0 Å². The van der Waals surface area contributed by atoms with Crippen molar-refractivity contribution in [2.24, 2.45) is 7.05 Å². The first-order valence-electron chi connectivity index (χ1n) is 8.73. The maximum absolute atomic E-state index is 12.9. The molecule has 0 saturated heterocycles. The molecule has 0 aliphatic heterocycles. The van der Waals surface area contributed by atoms with Crippen molar-refractivity contribution < 1.29 is 4.79 Å². The Morgan fingerprint density at radius 1 is 1.00 bits per heavy atom. The molecule has 0 fully saturated rings. The van der Waals surface area contributed by atoms with Gasteiger partial charge in [-0.05, 0) is 49.6 Å². The zero-order valence-corrected chi connectivity index (χ0v) is 15.7. The van der Waals surface area contributed by atoms with Gasteiger partial charge < -0.3 is 9.88 Å². The Morgan fingerprint density at radius 2 is 1.67 bits per heavy atom. The van der Waals surface area contributed by atoms with Crippen LogP contribution in [0.5, 0.6) is 0 Å². The first-order valence-corrected chi connectivity index (χ1v) is 8.73. The summed E-state index contributed by atoms with van der Waals surface area (Å²) in [7, 11) is 1.75. The van der Waals surface area contributed by atoms with Crippen molar-refractivity contribution in [3.63, 3.8) is 0 Å². The fraction of sp³-hybridized carbons (Fsp3) is 0.190. The van der Waals surface area contributed by atoms with Gasteiger partial charge in [-0.1, -0.05) is 24.3 Å². The standard InChI is InChI=1S/C21H20N4O2/c1-12-7-5-8-13(2)17(12)22-20(26)16-11-15-19(24(16)4)23-18-14(3)9-6-10-25(18)21(15)27/h5-11H,1-4H3,(H,22,26). The van der Waals surface area contributed by atoms with Crippen molar-refractivity contribution in [3.05, 3.63) is 75.3 Å². The van der Waals surface area contributed by atoms with Crippen LogP contribution in [0, 0.1) is 20.8 Å². The van der Waals surface area contributed by atoms with Crippen molar-refractivity contribution in [1.82, 2.24) is 14.0 Å². The molecule has 0 bridgehead atoms. The molecule has 6 nitrogen and oxygen atoms in total. The molecule has 4 rings (SSSR count). The van der Waals surface area contributed by atoms with Gasteiger partial charge in [0.05, 0.1) is 5.39 Å². The number of fused-ring (bicyclic) bond motifs is 2. The van der Waals surface area contributed by atoms with Gasteiger partial charge in [0.1, 0.15) is 17.0 Å². The highest BCUT2D eigenvalue weighted by atomic mass is 16.2. The number of pyridine rings is 1. The first kappa shape index (κ1) is 17.0. The third-order valence-electron chi connectivity index (χ3n) is 4.98. The summed E-state index contributed by atoms with van der Waals surface area (Å²) in [6.07, 6.45) is 1.69. The molecule has 0 atom stereocenters. The highest BCUT2D eigenvalue weighted by Gasteiger charge is 2.19. The zero-order chi connectivity index (χ0) is 19.3. The number of nitrogens with one attached hydrogen (secondary N) is 1. The van der Waals surface area contributed by atoms with Crippen molar-refractivity contribution in [2.75, 3.05) is 5.32 Å². The molecule has 6 heteroatoms. The summed E-state index contributed by atoms with van der Waals surface area (Å²) >= 11 is 0. The van der Waals surface area contributed by atoms with Gasteiger partial charge in [0, 0.05) is 18.9 Å². The second-order valence-corrected chi connectivity index (χ2v) is 6.85. The average Bonchev–Trinajstić information content (AvgIpc) is 2.97. The molecule has 3 aromatic heterocycles. The van der Waals surface area contributed by atoms with Crippen LogP contribution in [0.15, 0.2) is 47.4 Å². The fourth-order valence-electron chi connectivity index (χ4n) is 3.44. The number of nitrogens with zero attached hydrogens (tertiary/aromatic N) is 3. The number of aromatic nitrogens is 3. The van der Waals surface area contributed by atoms with Crippen LogP contribution in [-0.2, 0) is 7.05 Å². The summed E-state index contributed by atoms with van der Waals surface area (Å²) in [6, 6.07) is 11.2. The third kappa shape index (κ3) is 2.61. The zero-order valence-electron chi connectivity index (χ0n) is 15.7. The van der Waals surface area contributed by atoms with E-state index in [1.165, 1.54) is 4.40 Å². The number of anilines is 1. The number of carbonyl (C=O) groups excluding carboxylic acids is 1. The Hall–Kier alpha value is -3.41. The van der Waals surface area contributed by atoms with Gasteiger partial charge in [-0.3, -0.25) is 14.0 Å². The molecule has 0 spiro atoms. The Kier molecular flexibility index (Phi) is 3.84.